The summed E-state index contributed by atoms with van der Waals surface area (Å²) in [5.74, 6) is 0. The molecule has 0 amide bonds. The maximum Gasteiger partial charge on any atom is 0.501 e. The van der Waals surface area contributed by atoms with Crippen molar-refractivity contribution in [1.29, 1.82) is 0 Å². The Morgan fingerprint density at radius 2 is 1.80 bits per heavy atom. The molecule has 8 heteroatoms. The zero-order valence-corrected chi connectivity index (χ0v) is 11.4. The molecule has 1 aliphatic rings. The average Bonchev–Trinajstić information content (AvgIpc) is 2.37. The minimum atomic E-state index is -5.28. The smallest absolute Gasteiger partial charge is 0.370 e. The average molecular weight is 308 g/mol. The molecule has 112 valence electrons. The number of benzene rings is 1. The molecule has 0 aromatic heterocycles. The summed E-state index contributed by atoms with van der Waals surface area (Å²) in [6, 6.07) is 4.77. The van der Waals surface area contributed by atoms with Gasteiger partial charge in [-0.1, -0.05) is 0 Å². The summed E-state index contributed by atoms with van der Waals surface area (Å²) in [5.41, 5.74) is 1.24. The number of anilines is 1. The molecule has 1 aromatic rings. The van der Waals surface area contributed by atoms with Gasteiger partial charge in [-0.15, -0.1) is 0 Å². The van der Waals surface area contributed by atoms with Gasteiger partial charge < -0.3 is 10.6 Å². The molecule has 1 atom stereocenters. The Morgan fingerprint density at radius 1 is 1.20 bits per heavy atom. The summed E-state index contributed by atoms with van der Waals surface area (Å²) in [6.07, 6.45) is 1.82. The van der Waals surface area contributed by atoms with E-state index >= 15 is 0 Å². The van der Waals surface area contributed by atoms with Crippen LogP contribution in [0.4, 0.5) is 18.9 Å². The topological polar surface area (TPSA) is 63.4 Å². The first-order valence-electron chi connectivity index (χ1n) is 6.14. The summed E-state index contributed by atoms with van der Waals surface area (Å²) in [6.45, 7) is 1.38. The predicted molar refractivity (Wildman–Crippen MR) is 69.1 cm³/mol. The van der Waals surface area contributed by atoms with Crippen molar-refractivity contribution in [3.8, 4) is 0 Å². The second kappa shape index (κ2) is 5.25. The second-order valence-corrected chi connectivity index (χ2v) is 6.73. The van der Waals surface area contributed by atoms with E-state index < -0.39 is 20.2 Å². The molecule has 0 saturated carbocycles. The van der Waals surface area contributed by atoms with E-state index in [1.54, 1.807) is 0 Å². The van der Waals surface area contributed by atoms with Crippen molar-refractivity contribution in [3.63, 3.8) is 0 Å². The fraction of sp³-hybridized carbons (Fsp3) is 0.500. The number of halogens is 3. The first-order valence-corrected chi connectivity index (χ1v) is 7.62. The van der Waals surface area contributed by atoms with Crippen molar-refractivity contribution in [1.82, 2.24) is 0 Å². The van der Waals surface area contributed by atoms with Gasteiger partial charge in [0.2, 0.25) is 0 Å². The molecule has 2 rings (SSSR count). The first kappa shape index (κ1) is 15.1. The summed E-state index contributed by atoms with van der Waals surface area (Å²) < 4.78 is 59.7. The Bertz CT molecular complexity index is 569. The molecular weight excluding hydrogens is 293 g/mol. The molecule has 1 saturated heterocycles. The highest BCUT2D eigenvalue weighted by Gasteiger charge is 2.46. The summed E-state index contributed by atoms with van der Waals surface area (Å²) in [5, 5.41) is 0. The zero-order valence-electron chi connectivity index (χ0n) is 10.6. The molecule has 0 unspecified atom stereocenters. The maximum atomic E-state index is 12.4. The van der Waals surface area contributed by atoms with Crippen LogP contribution in [0.2, 0.25) is 0 Å². The van der Waals surface area contributed by atoms with Crippen LogP contribution in [0.25, 0.3) is 0 Å². The number of alkyl halides is 3. The fourth-order valence-corrected chi connectivity index (χ4v) is 2.98. The van der Waals surface area contributed by atoms with E-state index in [0.717, 1.165) is 31.5 Å². The Morgan fingerprint density at radius 3 is 2.30 bits per heavy atom. The number of nitrogens with two attached hydrogens (primary N) is 1. The summed E-state index contributed by atoms with van der Waals surface area (Å²) in [7, 11) is -5.28. The molecule has 0 bridgehead atoms. The third-order valence-corrected chi connectivity index (χ3v) is 4.78. The van der Waals surface area contributed by atoms with Crippen LogP contribution in [-0.2, 0) is 9.84 Å². The fourth-order valence-electron chi connectivity index (χ4n) is 2.21. The van der Waals surface area contributed by atoms with E-state index in [9.17, 15) is 21.6 Å². The van der Waals surface area contributed by atoms with Crippen LogP contribution >= 0.6 is 0 Å². The predicted octanol–water partition coefficient (Wildman–Crippen LogP) is 1.91. The van der Waals surface area contributed by atoms with Gasteiger partial charge in [0.1, 0.15) is 0 Å². The van der Waals surface area contributed by atoms with Crippen LogP contribution in [-0.4, -0.2) is 33.1 Å². The molecule has 20 heavy (non-hydrogen) atoms. The third-order valence-electron chi connectivity index (χ3n) is 3.27. The van der Waals surface area contributed by atoms with Gasteiger partial charge in [0, 0.05) is 24.8 Å². The van der Waals surface area contributed by atoms with Gasteiger partial charge in [-0.2, -0.15) is 13.2 Å². The molecule has 1 aromatic carbocycles. The van der Waals surface area contributed by atoms with Crippen LogP contribution < -0.4 is 10.6 Å². The number of rotatable bonds is 2. The highest BCUT2D eigenvalue weighted by Crippen LogP contribution is 2.31. The number of nitrogens with zero attached hydrogens (tertiary/aromatic N) is 1. The van der Waals surface area contributed by atoms with E-state index in [4.69, 9.17) is 5.73 Å². The van der Waals surface area contributed by atoms with Gasteiger partial charge in [-0.05, 0) is 37.1 Å². The van der Waals surface area contributed by atoms with E-state index in [1.165, 1.54) is 12.1 Å². The van der Waals surface area contributed by atoms with Gasteiger partial charge in [-0.25, -0.2) is 8.42 Å². The lowest BCUT2D eigenvalue weighted by molar-refractivity contribution is -0.0436. The van der Waals surface area contributed by atoms with Crippen molar-refractivity contribution < 1.29 is 21.6 Å². The molecule has 1 heterocycles. The number of sulfone groups is 1. The lowest BCUT2D eigenvalue weighted by Crippen LogP contribution is -2.42. The number of hydrogen-bond donors (Lipinski definition) is 1. The van der Waals surface area contributed by atoms with Crippen molar-refractivity contribution in [3.05, 3.63) is 24.3 Å². The van der Waals surface area contributed by atoms with E-state index in [0.29, 0.717) is 12.2 Å². The first-order chi connectivity index (χ1) is 9.22. The van der Waals surface area contributed by atoms with Crippen LogP contribution in [0.15, 0.2) is 29.2 Å². The van der Waals surface area contributed by atoms with Crippen molar-refractivity contribution in [2.45, 2.75) is 29.3 Å². The van der Waals surface area contributed by atoms with E-state index in [1.807, 2.05) is 4.90 Å². The van der Waals surface area contributed by atoms with Crippen molar-refractivity contribution in [2.75, 3.05) is 18.0 Å². The van der Waals surface area contributed by atoms with Gasteiger partial charge in [0.15, 0.2) is 0 Å². The zero-order chi connectivity index (χ0) is 15.0. The van der Waals surface area contributed by atoms with Crippen LogP contribution in [0.5, 0.6) is 0 Å². The monoisotopic (exact) mass is 308 g/mol. The molecule has 2 N–H and O–H groups in total. The Hall–Kier alpha value is -1.28. The second-order valence-electron chi connectivity index (χ2n) is 4.79. The third kappa shape index (κ3) is 2.90. The largest absolute Gasteiger partial charge is 0.501 e. The van der Waals surface area contributed by atoms with Crippen LogP contribution in [0, 0.1) is 0 Å². The molecule has 1 aliphatic heterocycles. The highest BCUT2D eigenvalue weighted by molar-refractivity contribution is 7.92. The van der Waals surface area contributed by atoms with Gasteiger partial charge in [-0.3, -0.25) is 0 Å². The number of piperidine rings is 1. The quantitative estimate of drug-likeness (QED) is 0.906. The maximum absolute atomic E-state index is 12.4. The SMILES string of the molecule is N[C@@H]1CCCN(c2ccc(S(=O)(=O)C(F)(F)F)cc2)C1. The molecule has 4 nitrogen and oxygen atoms in total. The minimum absolute atomic E-state index is 0.0299. The lowest BCUT2D eigenvalue weighted by Gasteiger charge is -2.32. The highest BCUT2D eigenvalue weighted by atomic mass is 32.2. The Balaban J connectivity index is 2.23. The molecule has 0 spiro atoms. The van der Waals surface area contributed by atoms with Crippen LogP contribution in [0.1, 0.15) is 12.8 Å². The van der Waals surface area contributed by atoms with Crippen molar-refractivity contribution in [2.24, 2.45) is 5.73 Å². The minimum Gasteiger partial charge on any atom is -0.370 e. The number of hydrogen-bond acceptors (Lipinski definition) is 4. The van der Waals surface area contributed by atoms with Crippen LogP contribution in [0.3, 0.4) is 0 Å². The van der Waals surface area contributed by atoms with Gasteiger partial charge in [0.25, 0.3) is 9.84 Å². The molecule has 0 radical (unpaired) electrons. The standard InChI is InChI=1S/C12H15F3N2O2S/c13-12(14,15)20(18,19)11-5-3-10(4-6-11)17-7-1-2-9(16)8-17/h3-6,9H,1-2,7-8,16H2/t9-/m1/s1. The van der Waals surface area contributed by atoms with Gasteiger partial charge in [0.05, 0.1) is 4.90 Å². The van der Waals surface area contributed by atoms with Gasteiger partial charge >= 0.3 is 5.51 Å². The van der Waals surface area contributed by atoms with Crippen molar-refractivity contribution >= 4 is 15.5 Å². The normalized spacial score (nSPS) is 21.0. The summed E-state index contributed by atoms with van der Waals surface area (Å²) >= 11 is 0. The lowest BCUT2D eigenvalue weighted by atomic mass is 10.1. The molecule has 0 aliphatic carbocycles. The van der Waals surface area contributed by atoms with E-state index in [-0.39, 0.29) is 6.04 Å². The molecule has 1 fully saturated rings. The summed E-state index contributed by atoms with van der Waals surface area (Å²) in [4.78, 5) is 1.20. The molecular formula is C12H15F3N2O2S. The Labute approximate surface area is 115 Å². The van der Waals surface area contributed by atoms with E-state index in [2.05, 4.69) is 0 Å². The Kier molecular flexibility index (Phi) is 3.97.